The summed E-state index contributed by atoms with van der Waals surface area (Å²) in [6.07, 6.45) is 2.65. The van der Waals surface area contributed by atoms with Gasteiger partial charge in [0.25, 0.3) is 0 Å². The van der Waals surface area contributed by atoms with Gasteiger partial charge in [-0.3, -0.25) is 14.7 Å². The smallest absolute Gasteiger partial charge is 0.221 e. The highest BCUT2D eigenvalue weighted by molar-refractivity contribution is 14.0. The second-order valence-corrected chi connectivity index (χ2v) is 7.46. The maximum Gasteiger partial charge on any atom is 0.221 e. The SMILES string of the molecule is CN=C(NCc1ccc(CN2CCCC2)cc1)NCc1cccc(NC(C)=O)c1.I. The molecule has 1 saturated heterocycles. The van der Waals surface area contributed by atoms with Crippen LogP contribution in [-0.2, 0) is 24.4 Å². The van der Waals surface area contributed by atoms with Gasteiger partial charge >= 0.3 is 0 Å². The molecular weight excluding hydrogens is 489 g/mol. The first-order valence-electron chi connectivity index (χ1n) is 10.2. The average Bonchev–Trinajstić information content (AvgIpc) is 3.22. The zero-order chi connectivity index (χ0) is 20.5. The molecule has 1 fully saturated rings. The largest absolute Gasteiger partial charge is 0.352 e. The maximum atomic E-state index is 11.2. The van der Waals surface area contributed by atoms with Crippen molar-refractivity contribution in [2.24, 2.45) is 4.99 Å². The summed E-state index contributed by atoms with van der Waals surface area (Å²) in [7, 11) is 1.77. The molecule has 0 spiro atoms. The highest BCUT2D eigenvalue weighted by atomic mass is 127. The third-order valence-corrected chi connectivity index (χ3v) is 5.02. The summed E-state index contributed by atoms with van der Waals surface area (Å²) in [6.45, 7) is 6.35. The predicted molar refractivity (Wildman–Crippen MR) is 134 cm³/mol. The van der Waals surface area contributed by atoms with Crippen molar-refractivity contribution in [3.8, 4) is 0 Å². The molecule has 7 heteroatoms. The van der Waals surface area contributed by atoms with Crippen molar-refractivity contribution in [1.82, 2.24) is 15.5 Å². The molecule has 0 radical (unpaired) electrons. The third kappa shape index (κ3) is 7.95. The van der Waals surface area contributed by atoms with Crippen LogP contribution in [0, 0.1) is 0 Å². The summed E-state index contributed by atoms with van der Waals surface area (Å²) in [5, 5.41) is 9.47. The number of hydrogen-bond donors (Lipinski definition) is 3. The Morgan fingerprint density at radius 1 is 0.967 bits per heavy atom. The van der Waals surface area contributed by atoms with Crippen molar-refractivity contribution < 1.29 is 4.79 Å². The Hall–Kier alpha value is -2.13. The lowest BCUT2D eigenvalue weighted by Gasteiger charge is -2.15. The number of amides is 1. The molecule has 6 nitrogen and oxygen atoms in total. The van der Waals surface area contributed by atoms with E-state index < -0.39 is 0 Å². The number of rotatable bonds is 7. The minimum atomic E-state index is -0.0703. The van der Waals surface area contributed by atoms with Crippen molar-refractivity contribution in [3.05, 3.63) is 65.2 Å². The molecule has 1 aliphatic heterocycles. The van der Waals surface area contributed by atoms with Crippen LogP contribution in [0.2, 0.25) is 0 Å². The maximum absolute atomic E-state index is 11.2. The Morgan fingerprint density at radius 3 is 2.23 bits per heavy atom. The number of guanidine groups is 1. The van der Waals surface area contributed by atoms with Gasteiger partial charge in [-0.1, -0.05) is 36.4 Å². The minimum Gasteiger partial charge on any atom is -0.352 e. The van der Waals surface area contributed by atoms with Crippen LogP contribution in [0.1, 0.15) is 36.5 Å². The number of hydrogen-bond acceptors (Lipinski definition) is 3. The molecule has 3 N–H and O–H groups in total. The first-order chi connectivity index (χ1) is 14.1. The number of halogens is 1. The van der Waals surface area contributed by atoms with Crippen molar-refractivity contribution in [2.45, 2.75) is 39.4 Å². The van der Waals surface area contributed by atoms with Crippen LogP contribution < -0.4 is 16.0 Å². The number of nitrogens with zero attached hydrogens (tertiary/aromatic N) is 2. The van der Waals surface area contributed by atoms with Gasteiger partial charge in [0.15, 0.2) is 5.96 Å². The van der Waals surface area contributed by atoms with Crippen LogP contribution in [0.25, 0.3) is 0 Å². The molecule has 2 aromatic carbocycles. The molecule has 162 valence electrons. The van der Waals surface area contributed by atoms with Gasteiger partial charge in [0.2, 0.25) is 5.91 Å². The molecule has 0 aromatic heterocycles. The molecule has 0 atom stereocenters. The third-order valence-electron chi connectivity index (χ3n) is 5.02. The van der Waals surface area contributed by atoms with Crippen molar-refractivity contribution >= 4 is 41.5 Å². The Labute approximate surface area is 196 Å². The Bertz CT molecular complexity index is 832. The van der Waals surface area contributed by atoms with Crippen molar-refractivity contribution in [3.63, 3.8) is 0 Å². The molecule has 1 amide bonds. The molecule has 0 unspecified atom stereocenters. The zero-order valence-electron chi connectivity index (χ0n) is 17.8. The van der Waals surface area contributed by atoms with E-state index in [4.69, 9.17) is 0 Å². The van der Waals surface area contributed by atoms with E-state index in [9.17, 15) is 4.79 Å². The van der Waals surface area contributed by atoms with Crippen molar-refractivity contribution in [2.75, 3.05) is 25.5 Å². The topological polar surface area (TPSA) is 68.8 Å². The van der Waals surface area contributed by atoms with Crippen LogP contribution in [0.15, 0.2) is 53.5 Å². The van der Waals surface area contributed by atoms with Crippen LogP contribution in [0.3, 0.4) is 0 Å². The highest BCUT2D eigenvalue weighted by Gasteiger charge is 2.11. The number of benzene rings is 2. The van der Waals surface area contributed by atoms with Crippen LogP contribution in [-0.4, -0.2) is 36.9 Å². The summed E-state index contributed by atoms with van der Waals surface area (Å²) < 4.78 is 0. The van der Waals surface area contributed by atoms with Crippen LogP contribution >= 0.6 is 24.0 Å². The summed E-state index contributed by atoms with van der Waals surface area (Å²) >= 11 is 0. The van der Waals surface area contributed by atoms with Gasteiger partial charge in [-0.2, -0.15) is 0 Å². The van der Waals surface area contributed by atoms with E-state index in [1.54, 1.807) is 7.05 Å². The lowest BCUT2D eigenvalue weighted by molar-refractivity contribution is -0.114. The van der Waals surface area contributed by atoms with Gasteiger partial charge < -0.3 is 16.0 Å². The normalized spacial score (nSPS) is 14.1. The molecule has 0 saturated carbocycles. The Kier molecular flexibility index (Phi) is 10.1. The van der Waals surface area contributed by atoms with Crippen LogP contribution in [0.5, 0.6) is 0 Å². The van der Waals surface area contributed by atoms with Gasteiger partial charge in [0, 0.05) is 39.3 Å². The molecule has 0 aliphatic carbocycles. The van der Waals surface area contributed by atoms with E-state index in [1.807, 2.05) is 24.3 Å². The molecule has 30 heavy (non-hydrogen) atoms. The Morgan fingerprint density at radius 2 is 1.60 bits per heavy atom. The summed E-state index contributed by atoms with van der Waals surface area (Å²) in [5.41, 5.74) is 4.47. The summed E-state index contributed by atoms with van der Waals surface area (Å²) in [4.78, 5) is 18.0. The molecule has 2 aromatic rings. The highest BCUT2D eigenvalue weighted by Crippen LogP contribution is 2.13. The number of nitrogens with one attached hydrogen (secondary N) is 3. The van der Waals surface area contributed by atoms with Gasteiger partial charge in [-0.05, 0) is 54.8 Å². The first kappa shape index (κ1) is 24.1. The second kappa shape index (κ2) is 12.5. The number of anilines is 1. The van der Waals surface area contributed by atoms with Gasteiger partial charge in [0.05, 0.1) is 0 Å². The van der Waals surface area contributed by atoms with E-state index in [0.29, 0.717) is 6.54 Å². The van der Waals surface area contributed by atoms with E-state index in [1.165, 1.54) is 44.0 Å². The first-order valence-corrected chi connectivity index (χ1v) is 10.2. The van der Waals surface area contributed by atoms with Gasteiger partial charge in [-0.15, -0.1) is 24.0 Å². The number of aliphatic imine (C=N–C) groups is 1. The quantitative estimate of drug-likeness (QED) is 0.295. The molecular formula is C23H32IN5O. The monoisotopic (exact) mass is 521 g/mol. The molecule has 1 heterocycles. The van der Waals surface area contributed by atoms with Crippen molar-refractivity contribution in [1.29, 1.82) is 0 Å². The minimum absolute atomic E-state index is 0. The molecule has 1 aliphatic rings. The van der Waals surface area contributed by atoms with Crippen LogP contribution in [0.4, 0.5) is 5.69 Å². The number of likely N-dealkylation sites (tertiary alicyclic amines) is 1. The molecule has 3 rings (SSSR count). The predicted octanol–water partition coefficient (Wildman–Crippen LogP) is 3.72. The second-order valence-electron chi connectivity index (χ2n) is 7.46. The van der Waals surface area contributed by atoms with E-state index in [-0.39, 0.29) is 29.9 Å². The van der Waals surface area contributed by atoms with Gasteiger partial charge in [0.1, 0.15) is 0 Å². The fourth-order valence-electron chi connectivity index (χ4n) is 3.52. The zero-order valence-corrected chi connectivity index (χ0v) is 20.1. The van der Waals surface area contributed by atoms with E-state index >= 15 is 0 Å². The van der Waals surface area contributed by atoms with E-state index in [0.717, 1.165) is 30.3 Å². The lowest BCUT2D eigenvalue weighted by atomic mass is 10.1. The fourth-order valence-corrected chi connectivity index (χ4v) is 3.52. The average molecular weight is 521 g/mol. The number of carbonyl (C=O) groups excluding carboxylic acids is 1. The number of carbonyl (C=O) groups is 1. The fraction of sp³-hybridized carbons (Fsp3) is 0.391. The Balaban J connectivity index is 0.00000320. The summed E-state index contributed by atoms with van der Waals surface area (Å²) in [5.74, 6) is 0.676. The lowest BCUT2D eigenvalue weighted by Crippen LogP contribution is -2.36. The summed E-state index contributed by atoms with van der Waals surface area (Å²) in [6, 6.07) is 16.6. The molecule has 0 bridgehead atoms. The standard InChI is InChI=1S/C23H31N5O.HI/c1-18(29)27-22-7-5-6-21(14-22)16-26-23(24-2)25-15-19-8-10-20(11-9-19)17-28-12-3-4-13-28;/h5-11,14H,3-4,12-13,15-17H2,1-2H3,(H,27,29)(H2,24,25,26);1H. The van der Waals surface area contributed by atoms with E-state index in [2.05, 4.69) is 50.1 Å². The van der Waals surface area contributed by atoms with Gasteiger partial charge in [-0.25, -0.2) is 0 Å².